The fourth-order valence-electron chi connectivity index (χ4n) is 1.15. The highest BCUT2D eigenvalue weighted by Gasteiger charge is 2.27. The Balaban J connectivity index is 3.01. The number of nitrogens with two attached hydrogens (primary N) is 1. The fourth-order valence-corrected chi connectivity index (χ4v) is 1.15. The molecule has 1 aromatic rings. The van der Waals surface area contributed by atoms with Crippen LogP contribution in [-0.2, 0) is 4.79 Å². The molecule has 1 unspecified atom stereocenters. The van der Waals surface area contributed by atoms with Gasteiger partial charge in [0.1, 0.15) is 5.82 Å². The van der Waals surface area contributed by atoms with E-state index in [1.807, 2.05) is 0 Å². The van der Waals surface area contributed by atoms with Gasteiger partial charge in [-0.05, 0) is 19.4 Å². The molecular weight excluding hydrogens is 241 g/mol. The number of non-ortho nitro benzene ring substituents is 1. The maximum absolute atomic E-state index is 13.4. The SMILES string of the molecule is CCC(C)(N)C(=O)Nc1cc([N+](=O)[O-])ccc1F. The standard InChI is InChI=1S/C11H14FN3O3/c1-3-11(2,13)10(16)14-9-6-7(15(17)18)4-5-8(9)12/h4-6H,3,13H2,1-2H3,(H,14,16). The van der Waals surface area contributed by atoms with Crippen molar-refractivity contribution in [3.63, 3.8) is 0 Å². The van der Waals surface area contributed by atoms with E-state index in [9.17, 15) is 19.3 Å². The van der Waals surface area contributed by atoms with Gasteiger partial charge in [0.05, 0.1) is 16.1 Å². The summed E-state index contributed by atoms with van der Waals surface area (Å²) in [7, 11) is 0. The van der Waals surface area contributed by atoms with Crippen LogP contribution in [0.25, 0.3) is 0 Å². The van der Waals surface area contributed by atoms with Crippen molar-refractivity contribution in [1.29, 1.82) is 0 Å². The van der Waals surface area contributed by atoms with Gasteiger partial charge >= 0.3 is 0 Å². The molecule has 0 aliphatic rings. The smallest absolute Gasteiger partial charge is 0.271 e. The van der Waals surface area contributed by atoms with Crippen molar-refractivity contribution >= 4 is 17.3 Å². The Morgan fingerprint density at radius 3 is 2.72 bits per heavy atom. The maximum atomic E-state index is 13.4. The lowest BCUT2D eigenvalue weighted by Crippen LogP contribution is -2.47. The van der Waals surface area contributed by atoms with Crippen LogP contribution in [0.3, 0.4) is 0 Å². The summed E-state index contributed by atoms with van der Waals surface area (Å²) < 4.78 is 13.4. The van der Waals surface area contributed by atoms with E-state index in [2.05, 4.69) is 5.32 Å². The van der Waals surface area contributed by atoms with E-state index >= 15 is 0 Å². The molecule has 0 saturated carbocycles. The zero-order valence-corrected chi connectivity index (χ0v) is 10.1. The zero-order chi connectivity index (χ0) is 13.9. The van der Waals surface area contributed by atoms with Crippen LogP contribution in [0.2, 0.25) is 0 Å². The zero-order valence-electron chi connectivity index (χ0n) is 10.1. The summed E-state index contributed by atoms with van der Waals surface area (Å²) in [5.41, 5.74) is 3.98. The summed E-state index contributed by atoms with van der Waals surface area (Å²) in [6, 6.07) is 2.90. The number of rotatable bonds is 4. The van der Waals surface area contributed by atoms with Crippen LogP contribution in [0.5, 0.6) is 0 Å². The van der Waals surface area contributed by atoms with Crippen LogP contribution >= 0.6 is 0 Å². The Hall–Kier alpha value is -2.02. The van der Waals surface area contributed by atoms with Gasteiger partial charge in [-0.1, -0.05) is 6.92 Å². The summed E-state index contributed by atoms with van der Waals surface area (Å²) in [5.74, 6) is -1.34. The average molecular weight is 255 g/mol. The third-order valence-corrected chi connectivity index (χ3v) is 2.66. The van der Waals surface area contributed by atoms with Crippen LogP contribution < -0.4 is 11.1 Å². The first kappa shape index (κ1) is 14.0. The number of hydrogen-bond donors (Lipinski definition) is 2. The van der Waals surface area contributed by atoms with Gasteiger partial charge in [-0.2, -0.15) is 0 Å². The number of nitro benzene ring substituents is 1. The van der Waals surface area contributed by atoms with E-state index in [1.165, 1.54) is 6.92 Å². The molecule has 1 aromatic carbocycles. The topological polar surface area (TPSA) is 98.3 Å². The Bertz CT molecular complexity index is 488. The van der Waals surface area contributed by atoms with Gasteiger partial charge in [-0.3, -0.25) is 14.9 Å². The number of nitrogens with zero attached hydrogens (tertiary/aromatic N) is 1. The Kier molecular flexibility index (Phi) is 3.97. The first-order valence-corrected chi connectivity index (χ1v) is 5.32. The third-order valence-electron chi connectivity index (χ3n) is 2.66. The molecule has 0 heterocycles. The minimum atomic E-state index is -1.16. The lowest BCUT2D eigenvalue weighted by molar-refractivity contribution is -0.384. The molecular formula is C11H14FN3O3. The molecule has 3 N–H and O–H groups in total. The van der Waals surface area contributed by atoms with Gasteiger partial charge < -0.3 is 11.1 Å². The second-order valence-corrected chi connectivity index (χ2v) is 4.15. The Labute approximate surface area is 103 Å². The minimum Gasteiger partial charge on any atom is -0.322 e. The van der Waals surface area contributed by atoms with Crippen molar-refractivity contribution in [2.24, 2.45) is 5.73 Å². The highest BCUT2D eigenvalue weighted by Crippen LogP contribution is 2.22. The number of nitro groups is 1. The number of hydrogen-bond acceptors (Lipinski definition) is 4. The van der Waals surface area contributed by atoms with Gasteiger partial charge in [-0.25, -0.2) is 4.39 Å². The molecule has 0 aliphatic carbocycles. The summed E-state index contributed by atoms with van der Waals surface area (Å²) >= 11 is 0. The quantitative estimate of drug-likeness (QED) is 0.633. The van der Waals surface area contributed by atoms with Gasteiger partial charge in [0, 0.05) is 12.1 Å². The number of halogens is 1. The molecule has 1 amide bonds. The van der Waals surface area contributed by atoms with Crippen molar-refractivity contribution in [1.82, 2.24) is 0 Å². The van der Waals surface area contributed by atoms with Crippen molar-refractivity contribution < 1.29 is 14.1 Å². The lowest BCUT2D eigenvalue weighted by atomic mass is 9.99. The van der Waals surface area contributed by atoms with E-state index in [4.69, 9.17) is 5.73 Å². The molecule has 7 heteroatoms. The molecule has 98 valence electrons. The number of carbonyl (C=O) groups excluding carboxylic acids is 1. The van der Waals surface area contributed by atoms with Gasteiger partial charge in [-0.15, -0.1) is 0 Å². The molecule has 1 atom stereocenters. The Morgan fingerprint density at radius 1 is 1.61 bits per heavy atom. The van der Waals surface area contributed by atoms with Crippen molar-refractivity contribution in [2.75, 3.05) is 5.32 Å². The van der Waals surface area contributed by atoms with Gasteiger partial charge in [0.15, 0.2) is 0 Å². The van der Waals surface area contributed by atoms with E-state index in [0.29, 0.717) is 6.42 Å². The summed E-state index contributed by atoms with van der Waals surface area (Å²) in [6.07, 6.45) is 0.357. The first-order chi connectivity index (χ1) is 8.27. The third kappa shape index (κ3) is 3.01. The number of carbonyl (C=O) groups is 1. The summed E-state index contributed by atoms with van der Waals surface area (Å²) in [4.78, 5) is 21.6. The molecule has 6 nitrogen and oxygen atoms in total. The molecule has 18 heavy (non-hydrogen) atoms. The molecule has 0 saturated heterocycles. The van der Waals surface area contributed by atoms with Crippen LogP contribution in [0.4, 0.5) is 15.8 Å². The molecule has 0 fully saturated rings. The van der Waals surface area contributed by atoms with Crippen LogP contribution in [-0.4, -0.2) is 16.4 Å². The highest BCUT2D eigenvalue weighted by molar-refractivity contribution is 5.97. The van der Waals surface area contributed by atoms with Crippen molar-refractivity contribution in [3.05, 3.63) is 34.1 Å². The summed E-state index contributed by atoms with van der Waals surface area (Å²) in [5, 5.41) is 12.8. The summed E-state index contributed by atoms with van der Waals surface area (Å²) in [6.45, 7) is 3.21. The van der Waals surface area contributed by atoms with Crippen LogP contribution in [0.15, 0.2) is 18.2 Å². The first-order valence-electron chi connectivity index (χ1n) is 5.32. The second-order valence-electron chi connectivity index (χ2n) is 4.15. The second kappa shape index (κ2) is 5.09. The fraction of sp³-hybridized carbons (Fsp3) is 0.364. The normalized spacial score (nSPS) is 13.8. The predicted octanol–water partition coefficient (Wildman–Crippen LogP) is 1.80. The number of anilines is 1. The highest BCUT2D eigenvalue weighted by atomic mass is 19.1. The molecule has 0 spiro atoms. The molecule has 1 rings (SSSR count). The van der Waals surface area contributed by atoms with Gasteiger partial charge in [0.2, 0.25) is 5.91 Å². The van der Waals surface area contributed by atoms with E-state index in [-0.39, 0.29) is 11.4 Å². The molecule has 0 aromatic heterocycles. The average Bonchev–Trinajstić information content (AvgIpc) is 2.31. The van der Waals surface area contributed by atoms with Crippen molar-refractivity contribution in [3.8, 4) is 0 Å². The number of amides is 1. The maximum Gasteiger partial charge on any atom is 0.271 e. The van der Waals surface area contributed by atoms with E-state index in [0.717, 1.165) is 18.2 Å². The number of nitrogens with one attached hydrogen (secondary N) is 1. The molecule has 0 bridgehead atoms. The molecule has 0 radical (unpaired) electrons. The Morgan fingerprint density at radius 2 is 2.22 bits per heavy atom. The minimum absolute atomic E-state index is 0.251. The lowest BCUT2D eigenvalue weighted by Gasteiger charge is -2.21. The van der Waals surface area contributed by atoms with Crippen molar-refractivity contribution in [2.45, 2.75) is 25.8 Å². The number of benzene rings is 1. The van der Waals surface area contributed by atoms with Gasteiger partial charge in [0.25, 0.3) is 5.69 Å². The van der Waals surface area contributed by atoms with E-state index in [1.54, 1.807) is 6.92 Å². The predicted molar refractivity (Wildman–Crippen MR) is 64.6 cm³/mol. The van der Waals surface area contributed by atoms with E-state index < -0.39 is 22.2 Å². The van der Waals surface area contributed by atoms with Crippen LogP contribution in [0, 0.1) is 15.9 Å². The van der Waals surface area contributed by atoms with Crippen LogP contribution in [0.1, 0.15) is 20.3 Å². The largest absolute Gasteiger partial charge is 0.322 e. The monoisotopic (exact) mass is 255 g/mol. The molecule has 0 aliphatic heterocycles.